The molecule has 0 heterocycles. The van der Waals surface area contributed by atoms with Crippen molar-refractivity contribution in [2.24, 2.45) is 0 Å². The molecule has 0 radical (unpaired) electrons. The van der Waals surface area contributed by atoms with Crippen LogP contribution >= 0.6 is 0 Å². The molecule has 0 saturated carbocycles. The summed E-state index contributed by atoms with van der Waals surface area (Å²) < 4.78 is 0. The zero-order valence-corrected chi connectivity index (χ0v) is 7.40. The first kappa shape index (κ1) is 10.0. The van der Waals surface area contributed by atoms with Crippen LogP contribution in [0.2, 0.25) is 0 Å². The molecule has 0 aliphatic heterocycles. The van der Waals surface area contributed by atoms with Crippen LogP contribution < -0.4 is 10.4 Å². The Labute approximate surface area is 80.0 Å². The van der Waals surface area contributed by atoms with E-state index >= 15 is 0 Å². The molecular weight excluding hydrogens is 186 g/mol. The Morgan fingerprint density at radius 2 is 2.07 bits per heavy atom. The van der Waals surface area contributed by atoms with Gasteiger partial charge in [-0.3, -0.25) is 4.79 Å². The van der Waals surface area contributed by atoms with Gasteiger partial charge in [-0.05, 0) is 6.07 Å². The molecule has 1 amide bonds. The second kappa shape index (κ2) is 3.78. The molecule has 1 rings (SSSR count). The summed E-state index contributed by atoms with van der Waals surface area (Å²) in [5.74, 6) is -2.23. The van der Waals surface area contributed by atoms with Crippen molar-refractivity contribution in [2.75, 3.05) is 5.32 Å². The summed E-state index contributed by atoms with van der Waals surface area (Å²) in [6.45, 7) is 1.21. The van der Waals surface area contributed by atoms with Crippen LogP contribution in [-0.2, 0) is 4.79 Å². The van der Waals surface area contributed by atoms with Gasteiger partial charge in [0.25, 0.3) is 0 Å². The van der Waals surface area contributed by atoms with Crippen LogP contribution in [-0.4, -0.2) is 17.0 Å². The van der Waals surface area contributed by atoms with E-state index in [9.17, 15) is 14.7 Å². The predicted molar refractivity (Wildman–Crippen MR) is 47.2 cm³/mol. The molecule has 0 unspecified atom stereocenters. The lowest BCUT2D eigenvalue weighted by atomic mass is 10.1. The van der Waals surface area contributed by atoms with Crippen molar-refractivity contribution in [3.05, 3.63) is 23.8 Å². The van der Waals surface area contributed by atoms with Crippen molar-refractivity contribution in [3.8, 4) is 5.75 Å². The Kier molecular flexibility index (Phi) is 2.71. The fraction of sp³-hybridized carbons (Fsp3) is 0.111. The maximum absolute atomic E-state index is 11.2. The summed E-state index contributed by atoms with van der Waals surface area (Å²) in [4.78, 5) is 21.4. The van der Waals surface area contributed by atoms with Crippen molar-refractivity contribution in [1.29, 1.82) is 0 Å². The van der Waals surface area contributed by atoms with E-state index in [1.807, 2.05) is 0 Å². The monoisotopic (exact) mass is 194 g/mol. The van der Waals surface area contributed by atoms with E-state index in [1.165, 1.54) is 25.1 Å². The third-order valence-electron chi connectivity index (χ3n) is 1.56. The van der Waals surface area contributed by atoms with E-state index < -0.39 is 17.6 Å². The summed E-state index contributed by atoms with van der Waals surface area (Å²) >= 11 is 0. The number of carbonyl (C=O) groups excluding carboxylic acids is 1. The van der Waals surface area contributed by atoms with Gasteiger partial charge >= 0.3 is 5.97 Å². The number of anilines is 1. The summed E-state index contributed by atoms with van der Waals surface area (Å²) in [6.07, 6.45) is 0. The van der Waals surface area contributed by atoms with E-state index in [1.54, 1.807) is 0 Å². The Hall–Kier alpha value is -2.04. The molecule has 5 nitrogen and oxygen atoms in total. The lowest BCUT2D eigenvalue weighted by Crippen LogP contribution is -2.13. The highest BCUT2D eigenvalue weighted by atomic mass is 16.4. The Morgan fingerprint density at radius 1 is 1.43 bits per heavy atom. The topological polar surface area (TPSA) is 89.5 Å². The van der Waals surface area contributed by atoms with Gasteiger partial charge in [0.2, 0.25) is 5.91 Å². The molecular formula is C9H8NO4-. The van der Waals surface area contributed by atoms with Gasteiger partial charge in [0.15, 0.2) is 0 Å². The second-order valence-corrected chi connectivity index (χ2v) is 2.67. The third kappa shape index (κ3) is 2.01. The summed E-state index contributed by atoms with van der Waals surface area (Å²) in [7, 11) is 0. The molecule has 0 aliphatic carbocycles. The minimum absolute atomic E-state index is 0.187. The molecule has 0 fully saturated rings. The standard InChI is InChI=1S/C9H9NO4/c1-5(11)10-8-6(9(13)14)3-2-4-7(8)12/h2-4,12H,1H3,(H,10,11)(H,13,14)/p-1. The average molecular weight is 194 g/mol. The number of hydrogen-bond acceptors (Lipinski definition) is 3. The smallest absolute Gasteiger partial charge is 0.337 e. The summed E-state index contributed by atoms with van der Waals surface area (Å²) in [5, 5.41) is 22.1. The van der Waals surface area contributed by atoms with Crippen molar-refractivity contribution < 1.29 is 19.8 Å². The number of amides is 1. The SMILES string of the molecule is CC(=O)Nc1c([O-])cccc1C(=O)O. The number of para-hydroxylation sites is 1. The minimum Gasteiger partial charge on any atom is -0.871 e. The number of carboxylic acids is 1. The van der Waals surface area contributed by atoms with Gasteiger partial charge in [0.1, 0.15) is 0 Å². The Bertz CT molecular complexity index is 386. The fourth-order valence-electron chi connectivity index (χ4n) is 1.01. The quantitative estimate of drug-likeness (QED) is 0.713. The number of carbonyl (C=O) groups is 2. The van der Waals surface area contributed by atoms with E-state index in [-0.39, 0.29) is 11.3 Å². The van der Waals surface area contributed by atoms with Crippen LogP contribution in [0.1, 0.15) is 17.3 Å². The average Bonchev–Trinajstić information content (AvgIpc) is 2.07. The zero-order valence-electron chi connectivity index (χ0n) is 7.40. The number of carboxylic acid groups (broad SMARTS) is 1. The lowest BCUT2D eigenvalue weighted by Gasteiger charge is -2.15. The number of nitrogens with one attached hydrogen (secondary N) is 1. The molecule has 0 bridgehead atoms. The van der Waals surface area contributed by atoms with Crippen molar-refractivity contribution in [3.63, 3.8) is 0 Å². The Balaban J connectivity index is 3.22. The Morgan fingerprint density at radius 3 is 2.57 bits per heavy atom. The van der Waals surface area contributed by atoms with Crippen LogP contribution in [0, 0.1) is 0 Å². The van der Waals surface area contributed by atoms with Gasteiger partial charge in [-0.1, -0.05) is 17.9 Å². The van der Waals surface area contributed by atoms with Crippen LogP contribution in [0.25, 0.3) is 0 Å². The van der Waals surface area contributed by atoms with Crippen molar-refractivity contribution in [1.82, 2.24) is 0 Å². The summed E-state index contributed by atoms with van der Waals surface area (Å²) in [5.41, 5.74) is -0.389. The van der Waals surface area contributed by atoms with Gasteiger partial charge in [-0.2, -0.15) is 0 Å². The van der Waals surface area contributed by atoms with Gasteiger partial charge in [0.05, 0.1) is 5.56 Å². The number of hydrogen-bond donors (Lipinski definition) is 2. The zero-order chi connectivity index (χ0) is 10.7. The molecule has 2 N–H and O–H groups in total. The van der Waals surface area contributed by atoms with Crippen molar-refractivity contribution in [2.45, 2.75) is 6.92 Å². The van der Waals surface area contributed by atoms with Crippen LogP contribution in [0.4, 0.5) is 5.69 Å². The van der Waals surface area contributed by atoms with Crippen LogP contribution in [0.15, 0.2) is 18.2 Å². The lowest BCUT2D eigenvalue weighted by molar-refractivity contribution is -0.267. The second-order valence-electron chi connectivity index (χ2n) is 2.67. The molecule has 0 saturated heterocycles. The number of rotatable bonds is 2. The van der Waals surface area contributed by atoms with Crippen LogP contribution in [0.5, 0.6) is 5.75 Å². The molecule has 1 aromatic rings. The van der Waals surface area contributed by atoms with E-state index in [0.29, 0.717) is 0 Å². The molecule has 5 heteroatoms. The highest BCUT2D eigenvalue weighted by molar-refractivity contribution is 6.01. The predicted octanol–water partition coefficient (Wildman–Crippen LogP) is 0.417. The first-order valence-corrected chi connectivity index (χ1v) is 3.83. The molecule has 74 valence electrons. The maximum atomic E-state index is 11.2. The summed E-state index contributed by atoms with van der Waals surface area (Å²) in [6, 6.07) is 3.78. The number of aromatic carboxylic acids is 1. The van der Waals surface area contributed by atoms with Gasteiger partial charge in [0, 0.05) is 12.6 Å². The highest BCUT2D eigenvalue weighted by Crippen LogP contribution is 2.24. The first-order chi connectivity index (χ1) is 6.52. The molecule has 0 atom stereocenters. The first-order valence-electron chi connectivity index (χ1n) is 3.83. The minimum atomic E-state index is -1.24. The molecule has 14 heavy (non-hydrogen) atoms. The van der Waals surface area contributed by atoms with E-state index in [2.05, 4.69) is 5.32 Å². The third-order valence-corrected chi connectivity index (χ3v) is 1.56. The maximum Gasteiger partial charge on any atom is 0.337 e. The normalized spacial score (nSPS) is 9.50. The van der Waals surface area contributed by atoms with Crippen molar-refractivity contribution >= 4 is 17.6 Å². The van der Waals surface area contributed by atoms with Gasteiger partial charge < -0.3 is 15.5 Å². The fourth-order valence-corrected chi connectivity index (χ4v) is 1.01. The molecule has 0 aliphatic rings. The molecule has 0 spiro atoms. The van der Waals surface area contributed by atoms with Gasteiger partial charge in [-0.15, -0.1) is 0 Å². The number of benzene rings is 1. The van der Waals surface area contributed by atoms with E-state index in [4.69, 9.17) is 5.11 Å². The highest BCUT2D eigenvalue weighted by Gasteiger charge is 2.10. The van der Waals surface area contributed by atoms with Gasteiger partial charge in [-0.25, -0.2) is 4.79 Å². The van der Waals surface area contributed by atoms with Crippen LogP contribution in [0.3, 0.4) is 0 Å². The largest absolute Gasteiger partial charge is 0.871 e. The van der Waals surface area contributed by atoms with E-state index in [0.717, 1.165) is 0 Å². The molecule has 1 aromatic carbocycles. The molecule has 0 aromatic heterocycles.